The molecule has 0 spiro atoms. The fourth-order valence-electron chi connectivity index (χ4n) is 4.84. The van der Waals surface area contributed by atoms with Gasteiger partial charge in [0.05, 0.1) is 12.0 Å². The molecule has 2 aliphatic heterocycles. The van der Waals surface area contributed by atoms with Gasteiger partial charge in [0.25, 0.3) is 0 Å². The molecular weight excluding hydrogens is 386 g/mol. The molecule has 2 fully saturated rings. The number of carbonyl (C=O) groups is 3. The van der Waals surface area contributed by atoms with Gasteiger partial charge in [-0.1, -0.05) is 25.1 Å². The molecule has 4 rings (SSSR count). The number of amides is 2. The number of allylic oxidation sites excluding steroid dienone is 1. The SMILES string of the molecule is CSCC1NC(=C2CCCC2=O)C([C@@H](C)C2C(=O)N(C)c3ccccc32)NC1=O. The molecule has 0 radical (unpaired) electrons. The average Bonchev–Trinajstić information content (AvgIpc) is 3.24. The molecule has 4 atom stereocenters. The van der Waals surface area contributed by atoms with Crippen LogP contribution in [0.5, 0.6) is 0 Å². The number of fused-ring (bicyclic) bond motifs is 1. The van der Waals surface area contributed by atoms with E-state index < -0.39 is 0 Å². The summed E-state index contributed by atoms with van der Waals surface area (Å²) in [4.78, 5) is 40.1. The highest BCUT2D eigenvalue weighted by molar-refractivity contribution is 7.98. The molecule has 7 heteroatoms. The first kappa shape index (κ1) is 20.0. The third-order valence-electron chi connectivity index (χ3n) is 6.36. The predicted molar refractivity (Wildman–Crippen MR) is 115 cm³/mol. The van der Waals surface area contributed by atoms with Crippen LogP contribution in [0.25, 0.3) is 0 Å². The zero-order chi connectivity index (χ0) is 20.7. The number of likely N-dealkylation sites (N-methyl/N-ethyl adjacent to an activating group) is 1. The van der Waals surface area contributed by atoms with E-state index in [9.17, 15) is 14.4 Å². The Balaban J connectivity index is 1.73. The molecular formula is C22H27N3O3S. The van der Waals surface area contributed by atoms with E-state index in [1.54, 1.807) is 23.7 Å². The molecule has 2 heterocycles. The second-order valence-corrected chi connectivity index (χ2v) is 9.01. The van der Waals surface area contributed by atoms with E-state index in [0.717, 1.165) is 35.4 Å². The number of Topliss-reactive ketones (excluding diaryl/α,β-unsaturated/α-hetero) is 1. The molecule has 2 amide bonds. The summed E-state index contributed by atoms with van der Waals surface area (Å²) in [5.74, 6) is 0.202. The van der Waals surface area contributed by atoms with Crippen molar-refractivity contribution in [2.45, 2.75) is 44.2 Å². The Kier molecular flexibility index (Phi) is 5.42. The van der Waals surface area contributed by atoms with Gasteiger partial charge in [0.1, 0.15) is 6.04 Å². The van der Waals surface area contributed by atoms with Gasteiger partial charge in [0, 0.05) is 36.2 Å². The number of rotatable bonds is 4. The lowest BCUT2D eigenvalue weighted by Gasteiger charge is -2.39. The maximum absolute atomic E-state index is 13.1. The van der Waals surface area contributed by atoms with Crippen molar-refractivity contribution in [3.63, 3.8) is 0 Å². The average molecular weight is 414 g/mol. The second-order valence-electron chi connectivity index (χ2n) is 8.10. The normalized spacial score (nSPS) is 30.2. The van der Waals surface area contributed by atoms with Crippen molar-refractivity contribution in [2.24, 2.45) is 5.92 Å². The van der Waals surface area contributed by atoms with Gasteiger partial charge < -0.3 is 15.5 Å². The number of para-hydroxylation sites is 1. The van der Waals surface area contributed by atoms with Crippen molar-refractivity contribution in [2.75, 3.05) is 24.0 Å². The third-order valence-corrected chi connectivity index (χ3v) is 7.03. The number of hydrogen-bond acceptors (Lipinski definition) is 5. The van der Waals surface area contributed by atoms with Crippen LogP contribution in [0.2, 0.25) is 0 Å². The minimum atomic E-state index is -0.383. The van der Waals surface area contributed by atoms with Crippen LogP contribution in [-0.2, 0) is 14.4 Å². The van der Waals surface area contributed by atoms with E-state index >= 15 is 0 Å². The molecule has 1 aliphatic carbocycles. The molecule has 154 valence electrons. The Morgan fingerprint density at radius 2 is 1.93 bits per heavy atom. The van der Waals surface area contributed by atoms with Crippen molar-refractivity contribution < 1.29 is 14.4 Å². The molecule has 29 heavy (non-hydrogen) atoms. The molecule has 3 aliphatic rings. The summed E-state index contributed by atoms with van der Waals surface area (Å²) in [6.45, 7) is 2.00. The van der Waals surface area contributed by atoms with Crippen LogP contribution in [0.4, 0.5) is 5.69 Å². The smallest absolute Gasteiger partial charge is 0.243 e. The third kappa shape index (κ3) is 3.35. The fourth-order valence-corrected chi connectivity index (χ4v) is 5.41. The van der Waals surface area contributed by atoms with Crippen LogP contribution >= 0.6 is 11.8 Å². The highest BCUT2D eigenvalue weighted by atomic mass is 32.2. The second kappa shape index (κ2) is 7.86. The zero-order valence-corrected chi connectivity index (χ0v) is 17.8. The first-order valence-electron chi connectivity index (χ1n) is 10.1. The van der Waals surface area contributed by atoms with Crippen molar-refractivity contribution in [3.05, 3.63) is 41.1 Å². The summed E-state index contributed by atoms with van der Waals surface area (Å²) >= 11 is 1.59. The van der Waals surface area contributed by atoms with E-state index in [-0.39, 0.29) is 41.5 Å². The van der Waals surface area contributed by atoms with Crippen LogP contribution in [0.1, 0.15) is 37.7 Å². The van der Waals surface area contributed by atoms with E-state index in [1.807, 2.05) is 37.4 Å². The van der Waals surface area contributed by atoms with Gasteiger partial charge in [-0.05, 0) is 36.6 Å². The van der Waals surface area contributed by atoms with Crippen molar-refractivity contribution in [1.82, 2.24) is 10.6 Å². The Labute approximate surface area is 175 Å². The van der Waals surface area contributed by atoms with Crippen LogP contribution in [0.15, 0.2) is 35.5 Å². The monoisotopic (exact) mass is 413 g/mol. The topological polar surface area (TPSA) is 78.5 Å². The van der Waals surface area contributed by atoms with Crippen LogP contribution in [0, 0.1) is 5.92 Å². The number of benzene rings is 1. The number of carbonyl (C=O) groups excluding carboxylic acids is 3. The molecule has 6 nitrogen and oxygen atoms in total. The van der Waals surface area contributed by atoms with E-state index in [0.29, 0.717) is 12.2 Å². The number of piperazine rings is 1. The highest BCUT2D eigenvalue weighted by Gasteiger charge is 2.45. The predicted octanol–water partition coefficient (Wildman–Crippen LogP) is 2.21. The van der Waals surface area contributed by atoms with Gasteiger partial charge in [-0.25, -0.2) is 0 Å². The molecule has 1 aromatic rings. The summed E-state index contributed by atoms with van der Waals surface area (Å²) in [7, 11) is 1.79. The van der Waals surface area contributed by atoms with Gasteiger partial charge in [0.15, 0.2) is 5.78 Å². The van der Waals surface area contributed by atoms with Crippen LogP contribution in [0.3, 0.4) is 0 Å². The maximum Gasteiger partial charge on any atom is 0.243 e. The number of anilines is 1. The largest absolute Gasteiger partial charge is 0.374 e. The molecule has 1 saturated carbocycles. The van der Waals surface area contributed by atoms with Gasteiger partial charge in [-0.15, -0.1) is 0 Å². The number of hydrogen-bond donors (Lipinski definition) is 2. The minimum Gasteiger partial charge on any atom is -0.374 e. The lowest BCUT2D eigenvalue weighted by molar-refractivity contribution is -0.126. The Morgan fingerprint density at radius 3 is 2.62 bits per heavy atom. The maximum atomic E-state index is 13.1. The van der Waals surface area contributed by atoms with Crippen molar-refractivity contribution >= 4 is 35.0 Å². The van der Waals surface area contributed by atoms with E-state index in [4.69, 9.17) is 0 Å². The number of nitrogens with zero attached hydrogens (tertiary/aromatic N) is 1. The fraction of sp³-hybridized carbons (Fsp3) is 0.500. The van der Waals surface area contributed by atoms with Gasteiger partial charge >= 0.3 is 0 Å². The summed E-state index contributed by atoms with van der Waals surface area (Å²) in [6.07, 6.45) is 4.08. The molecule has 1 saturated heterocycles. The van der Waals surface area contributed by atoms with Crippen molar-refractivity contribution in [1.29, 1.82) is 0 Å². The Bertz CT molecular complexity index is 897. The quantitative estimate of drug-likeness (QED) is 0.740. The van der Waals surface area contributed by atoms with Crippen LogP contribution in [-0.4, -0.2) is 48.7 Å². The highest BCUT2D eigenvalue weighted by Crippen LogP contribution is 2.43. The first-order chi connectivity index (χ1) is 13.9. The zero-order valence-electron chi connectivity index (χ0n) is 17.0. The van der Waals surface area contributed by atoms with Gasteiger partial charge in [-0.2, -0.15) is 11.8 Å². The van der Waals surface area contributed by atoms with E-state index in [2.05, 4.69) is 10.6 Å². The van der Waals surface area contributed by atoms with Crippen molar-refractivity contribution in [3.8, 4) is 0 Å². The summed E-state index contributed by atoms with van der Waals surface area (Å²) in [5, 5.41) is 6.53. The lowest BCUT2D eigenvalue weighted by Crippen LogP contribution is -2.60. The first-order valence-corrected chi connectivity index (χ1v) is 11.5. The summed E-state index contributed by atoms with van der Waals surface area (Å²) in [5.41, 5.74) is 3.50. The molecule has 1 aromatic carbocycles. The van der Waals surface area contributed by atoms with Gasteiger partial charge in [-0.3, -0.25) is 14.4 Å². The molecule has 3 unspecified atom stereocenters. The molecule has 0 aromatic heterocycles. The number of ketones is 1. The molecule has 0 bridgehead atoms. The lowest BCUT2D eigenvalue weighted by atomic mass is 9.80. The van der Waals surface area contributed by atoms with E-state index in [1.165, 1.54) is 0 Å². The Morgan fingerprint density at radius 1 is 1.17 bits per heavy atom. The minimum absolute atomic E-state index is 0.0290. The van der Waals surface area contributed by atoms with Gasteiger partial charge in [0.2, 0.25) is 11.8 Å². The standard InChI is InChI=1S/C22H27N3O3S/c1-12(18-13-7-4-5-9-16(13)25(2)22(18)28)19-20(14-8-6-10-17(14)26)23-15(11-29-3)21(27)24-19/h4-5,7,9,12,15,18-19,23H,6,8,10-11H2,1-3H3,(H,24,27)/t12-,15?,18?,19?/m0/s1. The number of thioether (sulfide) groups is 1. The summed E-state index contributed by atoms with van der Waals surface area (Å²) in [6, 6.07) is 7.06. The Hall–Kier alpha value is -2.28. The van der Waals surface area contributed by atoms with Crippen LogP contribution < -0.4 is 15.5 Å². The molecule has 2 N–H and O–H groups in total. The summed E-state index contributed by atoms with van der Waals surface area (Å²) < 4.78 is 0. The number of nitrogens with one attached hydrogen (secondary N) is 2.